The SMILES string of the molecule is COC(=O)c1cccc2nnc(CC3CCN(C(C)C)C3)n12. The topological polar surface area (TPSA) is 59.7 Å². The van der Waals surface area contributed by atoms with E-state index < -0.39 is 0 Å². The van der Waals surface area contributed by atoms with E-state index in [1.165, 1.54) is 7.11 Å². The van der Waals surface area contributed by atoms with E-state index in [9.17, 15) is 4.79 Å². The lowest BCUT2D eigenvalue weighted by atomic mass is 10.0. The van der Waals surface area contributed by atoms with Crippen LogP contribution in [0.3, 0.4) is 0 Å². The van der Waals surface area contributed by atoms with Gasteiger partial charge in [-0.1, -0.05) is 6.07 Å². The van der Waals surface area contributed by atoms with Gasteiger partial charge in [0.1, 0.15) is 11.5 Å². The fourth-order valence-electron chi connectivity index (χ4n) is 3.15. The summed E-state index contributed by atoms with van der Waals surface area (Å²) in [7, 11) is 1.39. The summed E-state index contributed by atoms with van der Waals surface area (Å²) in [6.07, 6.45) is 1.99. The zero-order chi connectivity index (χ0) is 15.7. The highest BCUT2D eigenvalue weighted by molar-refractivity contribution is 5.88. The van der Waals surface area contributed by atoms with Crippen LogP contribution in [-0.4, -0.2) is 51.7 Å². The van der Waals surface area contributed by atoms with Gasteiger partial charge in [0.2, 0.25) is 0 Å². The Bertz CT molecular complexity index is 680. The first kappa shape index (κ1) is 15.0. The van der Waals surface area contributed by atoms with Gasteiger partial charge in [-0.15, -0.1) is 10.2 Å². The molecule has 1 atom stereocenters. The van der Waals surface area contributed by atoms with E-state index in [-0.39, 0.29) is 5.97 Å². The summed E-state index contributed by atoms with van der Waals surface area (Å²) in [6.45, 7) is 6.66. The molecule has 1 unspecified atom stereocenters. The number of likely N-dealkylation sites (tertiary alicyclic amines) is 1. The van der Waals surface area contributed by atoms with E-state index in [2.05, 4.69) is 28.9 Å². The van der Waals surface area contributed by atoms with Crippen molar-refractivity contribution in [3.8, 4) is 0 Å². The Labute approximate surface area is 130 Å². The number of esters is 1. The Balaban J connectivity index is 1.87. The highest BCUT2D eigenvalue weighted by Gasteiger charge is 2.26. The molecule has 1 aliphatic heterocycles. The normalized spacial score (nSPS) is 19.2. The Hall–Kier alpha value is -1.95. The van der Waals surface area contributed by atoms with Crippen LogP contribution >= 0.6 is 0 Å². The molecule has 1 aliphatic rings. The number of nitrogens with zero attached hydrogens (tertiary/aromatic N) is 4. The van der Waals surface area contributed by atoms with Crippen molar-refractivity contribution in [1.82, 2.24) is 19.5 Å². The molecule has 0 saturated carbocycles. The summed E-state index contributed by atoms with van der Waals surface area (Å²) in [6, 6.07) is 5.99. The molecular weight excluding hydrogens is 280 g/mol. The molecule has 0 aliphatic carbocycles. The molecule has 6 nitrogen and oxygen atoms in total. The predicted molar refractivity (Wildman–Crippen MR) is 82.8 cm³/mol. The van der Waals surface area contributed by atoms with E-state index in [1.807, 2.05) is 10.5 Å². The maximum Gasteiger partial charge on any atom is 0.355 e. The lowest BCUT2D eigenvalue weighted by Crippen LogP contribution is -2.28. The number of rotatable bonds is 4. The van der Waals surface area contributed by atoms with Crippen molar-refractivity contribution < 1.29 is 9.53 Å². The molecule has 118 valence electrons. The molecule has 1 fully saturated rings. The van der Waals surface area contributed by atoms with Crippen LogP contribution in [0.5, 0.6) is 0 Å². The number of fused-ring (bicyclic) bond motifs is 1. The maximum absolute atomic E-state index is 11.9. The van der Waals surface area contributed by atoms with Crippen LogP contribution in [0.25, 0.3) is 5.65 Å². The summed E-state index contributed by atoms with van der Waals surface area (Å²) in [4.78, 5) is 14.4. The van der Waals surface area contributed by atoms with Gasteiger partial charge in [0, 0.05) is 19.0 Å². The second-order valence-electron chi connectivity index (χ2n) is 6.16. The van der Waals surface area contributed by atoms with Crippen molar-refractivity contribution in [2.24, 2.45) is 5.92 Å². The van der Waals surface area contributed by atoms with E-state index in [0.717, 1.165) is 31.8 Å². The fraction of sp³-hybridized carbons (Fsp3) is 0.562. The molecule has 0 amide bonds. The van der Waals surface area contributed by atoms with Gasteiger partial charge in [0.25, 0.3) is 0 Å². The highest BCUT2D eigenvalue weighted by Crippen LogP contribution is 2.22. The van der Waals surface area contributed by atoms with Gasteiger partial charge in [0.05, 0.1) is 7.11 Å². The first-order valence-corrected chi connectivity index (χ1v) is 7.75. The minimum absolute atomic E-state index is 0.359. The molecule has 2 aromatic heterocycles. The third-order valence-corrected chi connectivity index (χ3v) is 4.41. The van der Waals surface area contributed by atoms with Crippen LogP contribution in [0.1, 0.15) is 36.6 Å². The molecule has 3 rings (SSSR count). The van der Waals surface area contributed by atoms with Crippen molar-refractivity contribution in [1.29, 1.82) is 0 Å². The van der Waals surface area contributed by atoms with E-state index in [1.54, 1.807) is 12.1 Å². The molecule has 1 saturated heterocycles. The Morgan fingerprint density at radius 1 is 1.41 bits per heavy atom. The average molecular weight is 302 g/mol. The summed E-state index contributed by atoms with van der Waals surface area (Å²) >= 11 is 0. The van der Waals surface area contributed by atoms with E-state index >= 15 is 0 Å². The third-order valence-electron chi connectivity index (χ3n) is 4.41. The van der Waals surface area contributed by atoms with Gasteiger partial charge >= 0.3 is 5.97 Å². The summed E-state index contributed by atoms with van der Waals surface area (Å²) in [5.74, 6) is 1.04. The Morgan fingerprint density at radius 2 is 2.23 bits per heavy atom. The number of carbonyl (C=O) groups excluding carboxylic acids is 1. The first-order chi connectivity index (χ1) is 10.6. The molecule has 0 bridgehead atoms. The van der Waals surface area contributed by atoms with Crippen LogP contribution in [0.15, 0.2) is 18.2 Å². The molecule has 22 heavy (non-hydrogen) atoms. The summed E-state index contributed by atoms with van der Waals surface area (Å²) < 4.78 is 6.69. The van der Waals surface area contributed by atoms with Gasteiger partial charge in [-0.25, -0.2) is 4.79 Å². The highest BCUT2D eigenvalue weighted by atomic mass is 16.5. The molecule has 2 aromatic rings. The van der Waals surface area contributed by atoms with Crippen LogP contribution in [0, 0.1) is 5.92 Å². The van der Waals surface area contributed by atoms with Crippen LogP contribution in [0.2, 0.25) is 0 Å². The van der Waals surface area contributed by atoms with Crippen LogP contribution in [-0.2, 0) is 11.2 Å². The van der Waals surface area contributed by atoms with E-state index in [4.69, 9.17) is 4.74 Å². The van der Waals surface area contributed by atoms with Crippen molar-refractivity contribution in [2.75, 3.05) is 20.2 Å². The molecule has 3 heterocycles. The fourth-order valence-corrected chi connectivity index (χ4v) is 3.15. The summed E-state index contributed by atoms with van der Waals surface area (Å²) in [5, 5.41) is 8.48. The van der Waals surface area contributed by atoms with E-state index in [0.29, 0.717) is 23.3 Å². The molecule has 6 heteroatoms. The quantitative estimate of drug-likeness (QED) is 0.806. The first-order valence-electron chi connectivity index (χ1n) is 7.75. The number of ether oxygens (including phenoxy) is 1. The lowest BCUT2D eigenvalue weighted by molar-refractivity contribution is 0.0592. The predicted octanol–water partition coefficient (Wildman–Crippen LogP) is 1.79. The van der Waals surface area contributed by atoms with Gasteiger partial charge in [0.15, 0.2) is 5.65 Å². The second kappa shape index (κ2) is 6.04. The standard InChI is InChI=1S/C16H22N4O2/c1-11(2)19-8-7-12(10-19)9-15-18-17-14-6-4-5-13(20(14)15)16(21)22-3/h4-6,11-12H,7-10H2,1-3H3. The maximum atomic E-state index is 11.9. The minimum atomic E-state index is -0.359. The third kappa shape index (κ3) is 2.70. The number of hydrogen-bond donors (Lipinski definition) is 0. The second-order valence-corrected chi connectivity index (χ2v) is 6.16. The van der Waals surface area contributed by atoms with Gasteiger partial charge < -0.3 is 9.64 Å². The molecular formula is C16H22N4O2. The summed E-state index contributed by atoms with van der Waals surface area (Å²) in [5.41, 5.74) is 1.18. The largest absolute Gasteiger partial charge is 0.464 e. The van der Waals surface area contributed by atoms with Crippen molar-refractivity contribution in [3.63, 3.8) is 0 Å². The molecule has 0 radical (unpaired) electrons. The Kier molecular flexibility index (Phi) is 4.11. The smallest absolute Gasteiger partial charge is 0.355 e. The number of pyridine rings is 1. The van der Waals surface area contributed by atoms with Crippen molar-refractivity contribution in [3.05, 3.63) is 29.7 Å². The molecule has 0 N–H and O–H groups in total. The number of hydrogen-bond acceptors (Lipinski definition) is 5. The zero-order valence-electron chi connectivity index (χ0n) is 13.3. The van der Waals surface area contributed by atoms with Crippen LogP contribution < -0.4 is 0 Å². The monoisotopic (exact) mass is 302 g/mol. The average Bonchev–Trinajstić information content (AvgIpc) is 3.14. The van der Waals surface area contributed by atoms with Gasteiger partial charge in [-0.2, -0.15) is 0 Å². The van der Waals surface area contributed by atoms with Gasteiger partial charge in [-0.3, -0.25) is 4.40 Å². The minimum Gasteiger partial charge on any atom is -0.464 e. The number of carbonyl (C=O) groups is 1. The Morgan fingerprint density at radius 3 is 2.91 bits per heavy atom. The number of methoxy groups -OCH3 is 1. The molecule has 0 spiro atoms. The van der Waals surface area contributed by atoms with Gasteiger partial charge in [-0.05, 0) is 44.9 Å². The molecule has 0 aromatic carbocycles. The van der Waals surface area contributed by atoms with Crippen molar-refractivity contribution >= 4 is 11.6 Å². The lowest BCUT2D eigenvalue weighted by Gasteiger charge is -2.20. The number of aromatic nitrogens is 3. The van der Waals surface area contributed by atoms with Crippen LogP contribution in [0.4, 0.5) is 0 Å². The van der Waals surface area contributed by atoms with Crippen molar-refractivity contribution in [2.45, 2.75) is 32.7 Å². The zero-order valence-corrected chi connectivity index (χ0v) is 13.3.